The number of methoxy groups -OCH3 is 1. The standard InChI is InChI=1S/C26H18N2O3S/c1-31-19-12-15-24-22(16-19)21-6-2-3-7-23(21)28(24)25-8-4-5-9-26(25)32(29,30)20-13-10-18(17-27)11-14-20/h2-16H,1H3. The summed E-state index contributed by atoms with van der Waals surface area (Å²) >= 11 is 0. The first kappa shape index (κ1) is 19.9. The van der Waals surface area contributed by atoms with Gasteiger partial charge in [-0.25, -0.2) is 8.42 Å². The van der Waals surface area contributed by atoms with Crippen LogP contribution in [0, 0.1) is 11.3 Å². The van der Waals surface area contributed by atoms with Crippen molar-refractivity contribution in [3.05, 3.63) is 96.6 Å². The summed E-state index contributed by atoms with van der Waals surface area (Å²) in [7, 11) is -2.20. The number of sulfone groups is 1. The second-order valence-electron chi connectivity index (χ2n) is 7.34. The molecule has 0 saturated carbocycles. The predicted molar refractivity (Wildman–Crippen MR) is 124 cm³/mol. The number of aromatic nitrogens is 1. The fourth-order valence-electron chi connectivity index (χ4n) is 4.04. The van der Waals surface area contributed by atoms with Crippen LogP contribution < -0.4 is 4.74 Å². The van der Waals surface area contributed by atoms with Crippen molar-refractivity contribution in [2.24, 2.45) is 0 Å². The average molecular weight is 439 g/mol. The highest BCUT2D eigenvalue weighted by atomic mass is 32.2. The monoisotopic (exact) mass is 438 g/mol. The molecule has 0 saturated heterocycles. The van der Waals surface area contributed by atoms with Crippen molar-refractivity contribution in [2.75, 3.05) is 7.11 Å². The molecule has 0 bridgehead atoms. The molecule has 1 aromatic heterocycles. The molecule has 32 heavy (non-hydrogen) atoms. The SMILES string of the molecule is COc1ccc2c(c1)c1ccccc1n2-c1ccccc1S(=O)(=O)c1ccc(C#N)cc1. The van der Waals surface area contributed by atoms with E-state index >= 15 is 0 Å². The Bertz CT molecular complexity index is 1630. The first-order chi connectivity index (χ1) is 15.5. The quantitative estimate of drug-likeness (QED) is 0.372. The molecule has 0 N–H and O–H groups in total. The fourth-order valence-corrected chi connectivity index (χ4v) is 5.48. The van der Waals surface area contributed by atoms with Crippen LogP contribution in [0.25, 0.3) is 27.5 Å². The second-order valence-corrected chi connectivity index (χ2v) is 9.26. The number of nitriles is 1. The van der Waals surface area contributed by atoms with E-state index in [-0.39, 0.29) is 9.79 Å². The lowest BCUT2D eigenvalue weighted by Gasteiger charge is -2.14. The first-order valence-corrected chi connectivity index (χ1v) is 11.4. The Morgan fingerprint density at radius 1 is 0.812 bits per heavy atom. The molecule has 5 aromatic rings. The lowest BCUT2D eigenvalue weighted by molar-refractivity contribution is 0.415. The summed E-state index contributed by atoms with van der Waals surface area (Å²) in [4.78, 5) is 0.342. The smallest absolute Gasteiger partial charge is 0.208 e. The lowest BCUT2D eigenvalue weighted by atomic mass is 10.1. The van der Waals surface area contributed by atoms with Crippen LogP contribution in [-0.2, 0) is 9.84 Å². The van der Waals surface area contributed by atoms with E-state index in [2.05, 4.69) is 0 Å². The van der Waals surface area contributed by atoms with Crippen LogP contribution in [0.3, 0.4) is 0 Å². The van der Waals surface area contributed by atoms with Crippen molar-refractivity contribution in [3.63, 3.8) is 0 Å². The van der Waals surface area contributed by atoms with Crippen LogP contribution in [0.5, 0.6) is 5.75 Å². The zero-order valence-corrected chi connectivity index (χ0v) is 18.0. The van der Waals surface area contributed by atoms with Crippen molar-refractivity contribution in [1.29, 1.82) is 5.26 Å². The number of hydrogen-bond acceptors (Lipinski definition) is 4. The molecular weight excluding hydrogens is 420 g/mol. The van der Waals surface area contributed by atoms with Crippen molar-refractivity contribution < 1.29 is 13.2 Å². The summed E-state index contributed by atoms with van der Waals surface area (Å²) in [6, 6.07) is 28.7. The Morgan fingerprint density at radius 2 is 1.50 bits per heavy atom. The summed E-state index contributed by atoms with van der Waals surface area (Å²) in [5, 5.41) is 11.0. The minimum Gasteiger partial charge on any atom is -0.497 e. The molecule has 156 valence electrons. The molecule has 6 heteroatoms. The molecule has 0 atom stereocenters. The number of ether oxygens (including phenoxy) is 1. The normalized spacial score (nSPS) is 11.5. The summed E-state index contributed by atoms with van der Waals surface area (Å²) in [5.74, 6) is 0.735. The van der Waals surface area contributed by atoms with E-state index in [0.29, 0.717) is 11.3 Å². The van der Waals surface area contributed by atoms with Crippen molar-refractivity contribution in [1.82, 2.24) is 4.57 Å². The molecule has 0 fully saturated rings. The number of fused-ring (bicyclic) bond motifs is 3. The Morgan fingerprint density at radius 3 is 2.25 bits per heavy atom. The maximum atomic E-state index is 13.6. The van der Waals surface area contributed by atoms with Gasteiger partial charge in [0.1, 0.15) is 5.75 Å². The predicted octanol–water partition coefficient (Wildman–Crippen LogP) is 5.50. The van der Waals surface area contributed by atoms with E-state index in [0.717, 1.165) is 27.6 Å². The van der Waals surface area contributed by atoms with E-state index in [1.807, 2.05) is 65.2 Å². The fraction of sp³-hybridized carbons (Fsp3) is 0.0385. The summed E-state index contributed by atoms with van der Waals surface area (Å²) in [6.07, 6.45) is 0. The van der Waals surface area contributed by atoms with Gasteiger partial charge in [0.05, 0.1) is 45.3 Å². The molecule has 0 radical (unpaired) electrons. The lowest BCUT2D eigenvalue weighted by Crippen LogP contribution is -2.07. The Hall–Kier alpha value is -4.08. The minimum absolute atomic E-state index is 0.145. The number of benzene rings is 4. The molecule has 0 amide bonds. The average Bonchev–Trinajstić information content (AvgIpc) is 3.17. The number of rotatable bonds is 4. The first-order valence-electron chi connectivity index (χ1n) is 9.96. The topological polar surface area (TPSA) is 72.1 Å². The van der Waals surface area contributed by atoms with Crippen molar-refractivity contribution in [2.45, 2.75) is 9.79 Å². The minimum atomic E-state index is -3.83. The molecule has 0 spiro atoms. The maximum absolute atomic E-state index is 13.6. The van der Waals surface area contributed by atoms with Gasteiger partial charge in [-0.05, 0) is 60.7 Å². The summed E-state index contributed by atoms with van der Waals surface area (Å²) in [6.45, 7) is 0. The van der Waals surface area contributed by atoms with Gasteiger partial charge in [0.2, 0.25) is 9.84 Å². The molecule has 0 aliphatic carbocycles. The zero-order chi connectivity index (χ0) is 22.3. The van der Waals surface area contributed by atoms with Crippen LogP contribution >= 0.6 is 0 Å². The molecule has 5 rings (SSSR count). The second kappa shape index (κ2) is 7.56. The maximum Gasteiger partial charge on any atom is 0.208 e. The third kappa shape index (κ3) is 3.03. The highest BCUT2D eigenvalue weighted by molar-refractivity contribution is 7.91. The Labute approximate surface area is 185 Å². The van der Waals surface area contributed by atoms with E-state index < -0.39 is 9.84 Å². The van der Waals surface area contributed by atoms with Crippen LogP contribution in [0.4, 0.5) is 0 Å². The van der Waals surface area contributed by atoms with Crippen LogP contribution in [-0.4, -0.2) is 20.1 Å². The van der Waals surface area contributed by atoms with Gasteiger partial charge < -0.3 is 9.30 Å². The van der Waals surface area contributed by atoms with Gasteiger partial charge in [0.15, 0.2) is 0 Å². The van der Waals surface area contributed by atoms with E-state index in [1.165, 1.54) is 24.3 Å². The van der Waals surface area contributed by atoms with Gasteiger partial charge in [-0.1, -0.05) is 30.3 Å². The summed E-state index contributed by atoms with van der Waals surface area (Å²) in [5.41, 5.74) is 2.76. The van der Waals surface area contributed by atoms with Crippen LogP contribution in [0.1, 0.15) is 5.56 Å². The number of nitrogens with zero attached hydrogens (tertiary/aromatic N) is 2. The highest BCUT2D eigenvalue weighted by Crippen LogP contribution is 2.37. The Kier molecular flexibility index (Phi) is 4.69. The largest absolute Gasteiger partial charge is 0.497 e. The number of hydrogen-bond donors (Lipinski definition) is 0. The van der Waals surface area contributed by atoms with Crippen LogP contribution in [0.15, 0.2) is 101 Å². The zero-order valence-electron chi connectivity index (χ0n) is 17.2. The molecular formula is C26H18N2O3S. The molecule has 0 aliphatic rings. The highest BCUT2D eigenvalue weighted by Gasteiger charge is 2.24. The molecule has 5 nitrogen and oxygen atoms in total. The van der Waals surface area contributed by atoms with E-state index in [1.54, 1.807) is 19.2 Å². The van der Waals surface area contributed by atoms with Gasteiger partial charge in [0.25, 0.3) is 0 Å². The molecule has 1 heterocycles. The van der Waals surface area contributed by atoms with Crippen LogP contribution in [0.2, 0.25) is 0 Å². The third-order valence-corrected chi connectivity index (χ3v) is 7.39. The van der Waals surface area contributed by atoms with Gasteiger partial charge >= 0.3 is 0 Å². The molecule has 0 unspecified atom stereocenters. The van der Waals surface area contributed by atoms with Gasteiger partial charge in [-0.15, -0.1) is 0 Å². The van der Waals surface area contributed by atoms with E-state index in [4.69, 9.17) is 10.00 Å². The van der Waals surface area contributed by atoms with Gasteiger partial charge in [0, 0.05) is 10.8 Å². The van der Waals surface area contributed by atoms with Gasteiger partial charge in [-0.2, -0.15) is 5.26 Å². The van der Waals surface area contributed by atoms with Gasteiger partial charge in [-0.3, -0.25) is 0 Å². The third-order valence-electron chi connectivity index (χ3n) is 5.57. The van der Waals surface area contributed by atoms with Crippen molar-refractivity contribution >= 4 is 31.6 Å². The summed E-state index contributed by atoms with van der Waals surface area (Å²) < 4.78 is 34.6. The molecule has 4 aromatic carbocycles. The van der Waals surface area contributed by atoms with Crippen molar-refractivity contribution in [3.8, 4) is 17.5 Å². The Balaban J connectivity index is 1.82. The number of para-hydroxylation sites is 2. The van der Waals surface area contributed by atoms with E-state index in [9.17, 15) is 8.42 Å². The molecule has 0 aliphatic heterocycles.